The molecule has 0 bridgehead atoms. The van der Waals surface area contributed by atoms with Crippen molar-refractivity contribution in [1.29, 1.82) is 0 Å². The minimum atomic E-state index is -0.646. The molecule has 0 amide bonds. The van der Waals surface area contributed by atoms with Gasteiger partial charge in [-0.3, -0.25) is 0 Å². The number of nitrogens with two attached hydrogens (primary N) is 1. The van der Waals surface area contributed by atoms with Gasteiger partial charge in [0.15, 0.2) is 0 Å². The van der Waals surface area contributed by atoms with Crippen molar-refractivity contribution in [3.8, 4) is 0 Å². The number of halogens is 1. The highest BCUT2D eigenvalue weighted by atomic mass is 32.2. The topological polar surface area (TPSA) is 26.0 Å². The van der Waals surface area contributed by atoms with Gasteiger partial charge < -0.3 is 5.73 Å². The lowest BCUT2D eigenvalue weighted by Gasteiger charge is -2.24. The van der Waals surface area contributed by atoms with Gasteiger partial charge in [-0.2, -0.15) is 11.8 Å². The summed E-state index contributed by atoms with van der Waals surface area (Å²) in [5.74, 6) is 2.50. The Labute approximate surface area is 71.9 Å². The summed E-state index contributed by atoms with van der Waals surface area (Å²) in [4.78, 5) is 0. The molecular formula is C8H16FNS. The lowest BCUT2D eigenvalue weighted by atomic mass is 9.98. The van der Waals surface area contributed by atoms with Gasteiger partial charge in [0.1, 0.15) is 6.17 Å². The van der Waals surface area contributed by atoms with Crippen LogP contribution < -0.4 is 5.73 Å². The fourth-order valence-electron chi connectivity index (χ4n) is 1.45. The highest BCUT2D eigenvalue weighted by Crippen LogP contribution is 2.27. The molecule has 2 N–H and O–H groups in total. The Morgan fingerprint density at radius 3 is 3.00 bits per heavy atom. The van der Waals surface area contributed by atoms with Crippen molar-refractivity contribution in [3.05, 3.63) is 0 Å². The Hall–Kier alpha value is 0.240. The van der Waals surface area contributed by atoms with E-state index in [-0.39, 0.29) is 5.92 Å². The molecule has 0 spiro atoms. The van der Waals surface area contributed by atoms with Crippen LogP contribution in [-0.2, 0) is 0 Å². The quantitative estimate of drug-likeness (QED) is 0.711. The molecular weight excluding hydrogens is 161 g/mol. The molecule has 1 saturated heterocycles. The van der Waals surface area contributed by atoms with Crippen LogP contribution in [0.5, 0.6) is 0 Å². The molecule has 2 atom stereocenters. The Bertz CT molecular complexity index is 104. The molecule has 0 radical (unpaired) electrons. The standard InChI is InChI=1S/C8H16FNS/c9-8(3-4-10)7-2-1-5-11-6-7/h7-8H,1-6,10H2. The van der Waals surface area contributed by atoms with Gasteiger partial charge in [0.05, 0.1) is 0 Å². The van der Waals surface area contributed by atoms with Gasteiger partial charge in [-0.1, -0.05) is 0 Å². The lowest BCUT2D eigenvalue weighted by Crippen LogP contribution is -2.24. The highest BCUT2D eigenvalue weighted by molar-refractivity contribution is 7.99. The molecule has 2 unspecified atom stereocenters. The Kier molecular flexibility index (Phi) is 4.23. The van der Waals surface area contributed by atoms with E-state index in [1.807, 2.05) is 11.8 Å². The Morgan fingerprint density at radius 2 is 2.45 bits per heavy atom. The van der Waals surface area contributed by atoms with Crippen LogP contribution in [0.2, 0.25) is 0 Å². The normalized spacial score (nSPS) is 28.4. The predicted octanol–water partition coefficient (Wildman–Crippen LogP) is 1.82. The van der Waals surface area contributed by atoms with Crippen molar-refractivity contribution in [2.45, 2.75) is 25.4 Å². The van der Waals surface area contributed by atoms with E-state index in [1.54, 1.807) is 0 Å². The van der Waals surface area contributed by atoms with Crippen molar-refractivity contribution in [2.24, 2.45) is 11.7 Å². The molecule has 1 fully saturated rings. The van der Waals surface area contributed by atoms with Crippen molar-refractivity contribution < 1.29 is 4.39 Å². The number of rotatable bonds is 3. The zero-order valence-corrected chi connectivity index (χ0v) is 7.58. The van der Waals surface area contributed by atoms with E-state index in [1.165, 1.54) is 12.2 Å². The summed E-state index contributed by atoms with van der Waals surface area (Å²) >= 11 is 1.88. The summed E-state index contributed by atoms with van der Waals surface area (Å²) in [6.07, 6.45) is 2.15. The highest BCUT2D eigenvalue weighted by Gasteiger charge is 2.22. The average molecular weight is 177 g/mol. The molecule has 1 aliphatic heterocycles. The average Bonchev–Trinajstić information content (AvgIpc) is 2.07. The monoisotopic (exact) mass is 177 g/mol. The molecule has 0 saturated carbocycles. The summed E-state index contributed by atoms with van der Waals surface area (Å²) in [6.45, 7) is 0.488. The van der Waals surface area contributed by atoms with Gasteiger partial charge in [-0.15, -0.1) is 0 Å². The molecule has 1 rings (SSSR count). The number of alkyl halides is 1. The van der Waals surface area contributed by atoms with E-state index < -0.39 is 6.17 Å². The summed E-state index contributed by atoms with van der Waals surface area (Å²) in [5.41, 5.74) is 5.29. The zero-order chi connectivity index (χ0) is 8.10. The lowest BCUT2D eigenvalue weighted by molar-refractivity contribution is 0.221. The van der Waals surface area contributed by atoms with Crippen LogP contribution in [0.15, 0.2) is 0 Å². The Balaban J connectivity index is 2.21. The van der Waals surface area contributed by atoms with E-state index in [2.05, 4.69) is 0 Å². The van der Waals surface area contributed by atoms with Gasteiger partial charge in [0.2, 0.25) is 0 Å². The maximum absolute atomic E-state index is 13.2. The van der Waals surface area contributed by atoms with Crippen LogP contribution in [0.3, 0.4) is 0 Å². The van der Waals surface area contributed by atoms with Crippen molar-refractivity contribution in [1.82, 2.24) is 0 Å². The number of thioether (sulfide) groups is 1. The summed E-state index contributed by atoms with van der Waals surface area (Å²) in [5, 5.41) is 0. The molecule has 11 heavy (non-hydrogen) atoms. The molecule has 3 heteroatoms. The Morgan fingerprint density at radius 1 is 1.64 bits per heavy atom. The second kappa shape index (κ2) is 4.99. The second-order valence-corrected chi connectivity index (χ2v) is 4.22. The second-order valence-electron chi connectivity index (χ2n) is 3.07. The molecule has 0 aromatic heterocycles. The predicted molar refractivity (Wildman–Crippen MR) is 48.6 cm³/mol. The van der Waals surface area contributed by atoms with Gasteiger partial charge in [0.25, 0.3) is 0 Å². The van der Waals surface area contributed by atoms with Crippen LogP contribution >= 0.6 is 11.8 Å². The van der Waals surface area contributed by atoms with Gasteiger partial charge in [-0.25, -0.2) is 4.39 Å². The molecule has 1 aliphatic rings. The minimum absolute atomic E-state index is 0.289. The first-order valence-electron chi connectivity index (χ1n) is 4.26. The third kappa shape index (κ3) is 2.99. The molecule has 66 valence electrons. The summed E-state index contributed by atoms with van der Waals surface area (Å²) < 4.78 is 13.2. The number of hydrogen-bond donors (Lipinski definition) is 1. The van der Waals surface area contributed by atoms with Gasteiger partial charge >= 0.3 is 0 Å². The molecule has 0 aromatic rings. The van der Waals surface area contributed by atoms with Gasteiger partial charge in [0, 0.05) is 0 Å². The number of hydrogen-bond acceptors (Lipinski definition) is 2. The minimum Gasteiger partial charge on any atom is -0.330 e. The van der Waals surface area contributed by atoms with Crippen molar-refractivity contribution in [2.75, 3.05) is 18.1 Å². The van der Waals surface area contributed by atoms with Crippen LogP contribution in [0, 0.1) is 5.92 Å². The van der Waals surface area contributed by atoms with Crippen LogP contribution in [0.4, 0.5) is 4.39 Å². The third-order valence-electron chi connectivity index (χ3n) is 2.15. The van der Waals surface area contributed by atoms with Crippen LogP contribution in [0.25, 0.3) is 0 Å². The first-order valence-corrected chi connectivity index (χ1v) is 5.42. The van der Waals surface area contributed by atoms with Crippen molar-refractivity contribution in [3.63, 3.8) is 0 Å². The molecule has 0 aliphatic carbocycles. The van der Waals surface area contributed by atoms with E-state index in [0.29, 0.717) is 13.0 Å². The van der Waals surface area contributed by atoms with Gasteiger partial charge in [-0.05, 0) is 43.2 Å². The zero-order valence-electron chi connectivity index (χ0n) is 6.76. The molecule has 1 nitrogen and oxygen atoms in total. The fourth-order valence-corrected chi connectivity index (χ4v) is 2.66. The van der Waals surface area contributed by atoms with Crippen LogP contribution in [-0.4, -0.2) is 24.2 Å². The largest absolute Gasteiger partial charge is 0.330 e. The first kappa shape index (κ1) is 9.33. The summed E-state index contributed by atoms with van der Waals surface area (Å²) in [7, 11) is 0. The summed E-state index contributed by atoms with van der Waals surface area (Å²) in [6, 6.07) is 0. The maximum Gasteiger partial charge on any atom is 0.105 e. The first-order chi connectivity index (χ1) is 5.34. The maximum atomic E-state index is 13.2. The van der Waals surface area contributed by atoms with E-state index in [0.717, 1.165) is 12.2 Å². The third-order valence-corrected chi connectivity index (χ3v) is 3.39. The van der Waals surface area contributed by atoms with E-state index >= 15 is 0 Å². The molecule has 0 aromatic carbocycles. The van der Waals surface area contributed by atoms with E-state index in [4.69, 9.17) is 5.73 Å². The molecule has 1 heterocycles. The SMILES string of the molecule is NCCC(F)C1CCCSC1. The van der Waals surface area contributed by atoms with E-state index in [9.17, 15) is 4.39 Å². The van der Waals surface area contributed by atoms with Crippen molar-refractivity contribution >= 4 is 11.8 Å². The van der Waals surface area contributed by atoms with Crippen LogP contribution in [0.1, 0.15) is 19.3 Å². The smallest absolute Gasteiger partial charge is 0.105 e. The fraction of sp³-hybridized carbons (Fsp3) is 1.00.